The molecule has 8 N–H and O–H groups in total. The molecule has 11 nitrogen and oxygen atoms in total. The van der Waals surface area contributed by atoms with Gasteiger partial charge in [0.15, 0.2) is 0 Å². The molecule has 1 aliphatic heterocycles. The number of carbonyl (C=O) groups is 3. The minimum Gasteiger partial charge on any atom is -0.361 e. The Morgan fingerprint density at radius 1 is 0.923 bits per heavy atom. The van der Waals surface area contributed by atoms with Crippen LogP contribution in [0.2, 0.25) is 5.02 Å². The van der Waals surface area contributed by atoms with E-state index in [0.29, 0.717) is 36.0 Å². The summed E-state index contributed by atoms with van der Waals surface area (Å²) in [5.74, 6) is -1.23. The Balaban J connectivity index is 1.46. The molecular weight excluding hydrogens is 696 g/mol. The third kappa shape index (κ3) is 8.32. The van der Waals surface area contributed by atoms with Crippen LogP contribution in [0.1, 0.15) is 29.5 Å². The number of nitrogens with one attached hydrogen (secondary N) is 4. The standard InChI is InChI=1S/C39H43ClN8O3S/c1-48-34(19-26-22-44-31-13-6-5-12-28(26)31)37(50)46-23-29-27(24-9-3-2-4-10-24)15-16-30(40)35(29)52-38-25(11-8-18-43-38)21-45-32(14-7-17-41)36(49)47-33(20-42)39(48)51/h2-6,8-13,15-16,18,22,32-34,44-45H,7,14,17,19-21,23,41-42H2,1H3,(H,46,50)(H,47,49)/t32-,33-,34-/m0/s1. The van der Waals surface area contributed by atoms with Crippen LogP contribution in [-0.4, -0.2) is 70.9 Å². The van der Waals surface area contributed by atoms with Gasteiger partial charge in [0.05, 0.1) is 11.1 Å². The zero-order chi connectivity index (χ0) is 36.6. The Labute approximate surface area is 312 Å². The topological polar surface area (TPSA) is 171 Å². The van der Waals surface area contributed by atoms with Crippen molar-refractivity contribution in [2.75, 3.05) is 20.1 Å². The van der Waals surface area contributed by atoms with Gasteiger partial charge in [0, 0.05) is 61.3 Å². The van der Waals surface area contributed by atoms with E-state index < -0.39 is 24.0 Å². The predicted molar refractivity (Wildman–Crippen MR) is 206 cm³/mol. The maximum absolute atomic E-state index is 14.4. The van der Waals surface area contributed by atoms with Crippen molar-refractivity contribution in [3.63, 3.8) is 0 Å². The Bertz CT molecular complexity index is 2040. The summed E-state index contributed by atoms with van der Waals surface area (Å²) in [7, 11) is 1.58. The van der Waals surface area contributed by atoms with Gasteiger partial charge >= 0.3 is 0 Å². The lowest BCUT2D eigenvalue weighted by molar-refractivity contribution is -0.141. The molecule has 6 rings (SSSR count). The highest BCUT2D eigenvalue weighted by Crippen LogP contribution is 2.41. The first-order valence-corrected chi connectivity index (χ1v) is 18.5. The normalized spacial score (nSPS) is 19.0. The first kappa shape index (κ1) is 37.1. The lowest BCUT2D eigenvalue weighted by atomic mass is 9.99. The van der Waals surface area contributed by atoms with Crippen LogP contribution in [0, 0.1) is 0 Å². The second-order valence-corrected chi connectivity index (χ2v) is 14.2. The van der Waals surface area contributed by atoms with Crippen LogP contribution in [0.25, 0.3) is 22.0 Å². The van der Waals surface area contributed by atoms with E-state index in [1.54, 1.807) is 13.2 Å². The van der Waals surface area contributed by atoms with Crippen molar-refractivity contribution < 1.29 is 14.4 Å². The Kier molecular flexibility index (Phi) is 12.3. The number of hydrogen-bond donors (Lipinski definition) is 6. The third-order valence-corrected chi connectivity index (χ3v) is 11.1. The Morgan fingerprint density at radius 3 is 2.50 bits per heavy atom. The average Bonchev–Trinajstić information content (AvgIpc) is 3.58. The fraction of sp³-hybridized carbons (Fsp3) is 0.282. The van der Waals surface area contributed by atoms with Gasteiger partial charge < -0.3 is 37.3 Å². The van der Waals surface area contributed by atoms with Crippen molar-refractivity contribution in [3.05, 3.63) is 113 Å². The molecule has 0 radical (unpaired) electrons. The van der Waals surface area contributed by atoms with E-state index in [9.17, 15) is 14.4 Å². The van der Waals surface area contributed by atoms with Gasteiger partial charge in [-0.3, -0.25) is 14.4 Å². The van der Waals surface area contributed by atoms with Crippen molar-refractivity contribution >= 4 is 52.0 Å². The summed E-state index contributed by atoms with van der Waals surface area (Å²) in [6.45, 7) is 0.673. The number of carbonyl (C=O) groups excluding carboxylic acids is 3. The van der Waals surface area contributed by atoms with Crippen LogP contribution in [0.5, 0.6) is 0 Å². The lowest BCUT2D eigenvalue weighted by Gasteiger charge is -2.31. The Morgan fingerprint density at radius 2 is 1.71 bits per heavy atom. The van der Waals surface area contributed by atoms with E-state index in [2.05, 4.69) is 20.9 Å². The predicted octanol–water partition coefficient (Wildman–Crippen LogP) is 4.37. The number of benzene rings is 3. The van der Waals surface area contributed by atoms with Gasteiger partial charge in [-0.05, 0) is 65.4 Å². The van der Waals surface area contributed by atoms with Gasteiger partial charge in [-0.25, -0.2) is 4.98 Å². The molecule has 0 spiro atoms. The monoisotopic (exact) mass is 738 g/mol. The van der Waals surface area contributed by atoms with Gasteiger partial charge in [0.25, 0.3) is 0 Å². The molecule has 0 saturated heterocycles. The summed E-state index contributed by atoms with van der Waals surface area (Å²) in [5.41, 5.74) is 17.3. The molecule has 0 saturated carbocycles. The number of nitrogens with zero attached hydrogens (tertiary/aromatic N) is 2. The van der Waals surface area contributed by atoms with Gasteiger partial charge in [-0.15, -0.1) is 0 Å². The summed E-state index contributed by atoms with van der Waals surface area (Å²) in [6, 6.07) is 22.6. The number of fused-ring (bicyclic) bond motifs is 3. The summed E-state index contributed by atoms with van der Waals surface area (Å²) in [6.07, 6.45) is 4.81. The number of H-pyrrole nitrogens is 1. The van der Waals surface area contributed by atoms with Gasteiger partial charge in [0.1, 0.15) is 17.1 Å². The van der Waals surface area contributed by atoms with E-state index in [1.807, 2.05) is 85.1 Å². The molecule has 13 heteroatoms. The number of pyridine rings is 1. The molecule has 0 bridgehead atoms. The van der Waals surface area contributed by atoms with E-state index >= 15 is 0 Å². The first-order chi connectivity index (χ1) is 25.3. The van der Waals surface area contributed by atoms with Crippen molar-refractivity contribution in [1.29, 1.82) is 0 Å². The van der Waals surface area contributed by atoms with E-state index in [1.165, 1.54) is 16.7 Å². The summed E-state index contributed by atoms with van der Waals surface area (Å²) >= 11 is 8.38. The molecule has 5 aromatic rings. The fourth-order valence-corrected chi connectivity index (χ4v) is 7.84. The second-order valence-electron chi connectivity index (χ2n) is 12.7. The minimum atomic E-state index is -1.07. The van der Waals surface area contributed by atoms with Gasteiger partial charge in [-0.2, -0.15) is 0 Å². The molecule has 3 heterocycles. The molecule has 3 amide bonds. The molecule has 52 heavy (non-hydrogen) atoms. The molecule has 2 aromatic heterocycles. The van der Waals surface area contributed by atoms with E-state index in [-0.39, 0.29) is 31.3 Å². The first-order valence-electron chi connectivity index (χ1n) is 17.3. The molecule has 0 unspecified atom stereocenters. The highest BCUT2D eigenvalue weighted by Gasteiger charge is 2.34. The zero-order valence-corrected chi connectivity index (χ0v) is 30.5. The zero-order valence-electron chi connectivity index (χ0n) is 28.9. The lowest BCUT2D eigenvalue weighted by Crippen LogP contribution is -2.59. The maximum atomic E-state index is 14.4. The fourth-order valence-electron chi connectivity index (χ4n) is 6.50. The molecule has 3 aromatic carbocycles. The smallest absolute Gasteiger partial charge is 0.246 e. The third-order valence-electron chi connectivity index (χ3n) is 9.39. The summed E-state index contributed by atoms with van der Waals surface area (Å²) in [5, 5.41) is 11.5. The molecular formula is C39H43ClN8O3S. The number of hydrogen-bond acceptors (Lipinski definition) is 8. The number of halogens is 1. The van der Waals surface area contributed by atoms with Crippen LogP contribution in [0.15, 0.2) is 101 Å². The largest absolute Gasteiger partial charge is 0.361 e. The number of likely N-dealkylation sites (N-methyl/N-ethyl adjacent to an activating group) is 1. The van der Waals surface area contributed by atoms with Crippen LogP contribution in [-0.2, 0) is 33.9 Å². The van der Waals surface area contributed by atoms with E-state index in [0.717, 1.165) is 43.6 Å². The average molecular weight is 739 g/mol. The molecule has 0 fully saturated rings. The van der Waals surface area contributed by atoms with Crippen molar-refractivity contribution in [2.45, 2.75) is 60.4 Å². The number of amides is 3. The van der Waals surface area contributed by atoms with Gasteiger partial charge in [-0.1, -0.05) is 84.0 Å². The van der Waals surface area contributed by atoms with Crippen LogP contribution < -0.4 is 27.4 Å². The van der Waals surface area contributed by atoms with Crippen molar-refractivity contribution in [1.82, 2.24) is 30.8 Å². The number of aromatic nitrogens is 2. The van der Waals surface area contributed by atoms with E-state index in [4.69, 9.17) is 28.1 Å². The maximum Gasteiger partial charge on any atom is 0.246 e. The SMILES string of the molecule is CN1C(=O)[C@H](CN)NC(=O)[C@H](CCCN)NCc2cccnc2Sc2c(Cl)ccc(-c3ccccc3)c2CNC(=O)[C@@H]1Cc1c[nH]c2ccccc12. The van der Waals surface area contributed by atoms with Crippen molar-refractivity contribution in [2.24, 2.45) is 11.5 Å². The quantitative estimate of drug-likeness (QED) is 0.143. The summed E-state index contributed by atoms with van der Waals surface area (Å²) < 4.78 is 0. The van der Waals surface area contributed by atoms with Crippen molar-refractivity contribution in [3.8, 4) is 11.1 Å². The number of aromatic amines is 1. The highest BCUT2D eigenvalue weighted by atomic mass is 35.5. The van der Waals surface area contributed by atoms with Crippen LogP contribution >= 0.6 is 23.4 Å². The second kappa shape index (κ2) is 17.2. The Hall–Kier alpha value is -4.72. The summed E-state index contributed by atoms with van der Waals surface area (Å²) in [4.78, 5) is 52.5. The molecule has 3 atom stereocenters. The van der Waals surface area contributed by atoms with Crippen LogP contribution in [0.3, 0.4) is 0 Å². The minimum absolute atomic E-state index is 0.122. The van der Waals surface area contributed by atoms with Gasteiger partial charge in [0.2, 0.25) is 17.7 Å². The number of para-hydroxylation sites is 1. The van der Waals surface area contributed by atoms with Crippen LogP contribution in [0.4, 0.5) is 0 Å². The molecule has 0 aliphatic carbocycles. The highest BCUT2D eigenvalue weighted by molar-refractivity contribution is 7.99. The molecule has 1 aliphatic rings. The molecule has 270 valence electrons. The number of nitrogens with two attached hydrogens (primary N) is 2. The number of rotatable bonds is 7.